The molecule has 0 saturated heterocycles. The molecule has 3 nitrogen and oxygen atoms in total. The average Bonchev–Trinajstić information content (AvgIpc) is 2.16. The van der Waals surface area contributed by atoms with Gasteiger partial charge in [-0.05, 0) is 38.0 Å². The number of aryl methyl sites for hydroxylation is 1. The first kappa shape index (κ1) is 11.0. The third kappa shape index (κ3) is 3.00. The van der Waals surface area contributed by atoms with E-state index in [2.05, 4.69) is 31.1 Å². The Labute approximate surface area is 85.2 Å². The van der Waals surface area contributed by atoms with Gasteiger partial charge in [-0.2, -0.15) is 0 Å². The van der Waals surface area contributed by atoms with Crippen LogP contribution in [-0.2, 0) is 13.0 Å². The van der Waals surface area contributed by atoms with E-state index in [4.69, 9.17) is 5.11 Å². The van der Waals surface area contributed by atoms with Gasteiger partial charge in [0.2, 0.25) is 0 Å². The summed E-state index contributed by atoms with van der Waals surface area (Å²) in [5, 5.41) is 12.3. The fourth-order valence-electron chi connectivity index (χ4n) is 1.29. The maximum Gasteiger partial charge on any atom is 0.126 e. The summed E-state index contributed by atoms with van der Waals surface area (Å²) in [5.74, 6) is 0.850. The number of nitrogens with zero attached hydrogens (tertiary/aromatic N) is 1. The molecule has 0 aromatic carbocycles. The van der Waals surface area contributed by atoms with E-state index in [9.17, 15) is 0 Å². The molecule has 1 aromatic rings. The molecule has 0 radical (unpaired) electrons. The van der Waals surface area contributed by atoms with Gasteiger partial charge in [0.25, 0.3) is 0 Å². The predicted octanol–water partition coefficient (Wildman–Crippen LogP) is 1.96. The van der Waals surface area contributed by atoms with Gasteiger partial charge >= 0.3 is 0 Å². The molecule has 0 atom stereocenters. The van der Waals surface area contributed by atoms with Gasteiger partial charge in [-0.15, -0.1) is 0 Å². The van der Waals surface area contributed by atoms with Crippen LogP contribution < -0.4 is 5.32 Å². The van der Waals surface area contributed by atoms with Crippen molar-refractivity contribution in [3.8, 4) is 0 Å². The third-order valence-corrected chi connectivity index (χ3v) is 1.92. The quantitative estimate of drug-likeness (QED) is 0.770. The van der Waals surface area contributed by atoms with Crippen molar-refractivity contribution in [2.24, 2.45) is 0 Å². The first-order valence-electron chi connectivity index (χ1n) is 5.03. The summed E-state index contributed by atoms with van der Waals surface area (Å²) in [6.07, 6.45) is 0.889. The summed E-state index contributed by atoms with van der Waals surface area (Å²) in [5.41, 5.74) is 1.93. The van der Waals surface area contributed by atoms with Gasteiger partial charge < -0.3 is 10.4 Å². The number of aliphatic hydroxyl groups excluding tert-OH is 1. The van der Waals surface area contributed by atoms with Crippen molar-refractivity contribution in [3.63, 3.8) is 0 Å². The lowest BCUT2D eigenvalue weighted by Gasteiger charge is -2.11. The SMILES string of the molecule is CCc1cc(CO)cc(NC(C)C)n1. The van der Waals surface area contributed by atoms with Crippen molar-refractivity contribution < 1.29 is 5.11 Å². The number of anilines is 1. The highest BCUT2D eigenvalue weighted by Crippen LogP contribution is 2.12. The monoisotopic (exact) mass is 194 g/mol. The molecule has 1 aromatic heterocycles. The van der Waals surface area contributed by atoms with Crippen LogP contribution in [0.3, 0.4) is 0 Å². The number of hydrogen-bond donors (Lipinski definition) is 2. The van der Waals surface area contributed by atoms with Crippen molar-refractivity contribution in [1.82, 2.24) is 4.98 Å². The topological polar surface area (TPSA) is 45.1 Å². The Bertz CT molecular complexity index is 275. The number of nitrogens with one attached hydrogen (secondary N) is 1. The lowest BCUT2D eigenvalue weighted by Crippen LogP contribution is -2.12. The van der Waals surface area contributed by atoms with E-state index in [1.807, 2.05) is 12.1 Å². The number of hydrogen-bond acceptors (Lipinski definition) is 3. The molecule has 78 valence electrons. The lowest BCUT2D eigenvalue weighted by atomic mass is 10.2. The summed E-state index contributed by atoms with van der Waals surface area (Å²) >= 11 is 0. The van der Waals surface area contributed by atoms with Crippen molar-refractivity contribution in [1.29, 1.82) is 0 Å². The summed E-state index contributed by atoms with van der Waals surface area (Å²) < 4.78 is 0. The summed E-state index contributed by atoms with van der Waals surface area (Å²) in [7, 11) is 0. The summed E-state index contributed by atoms with van der Waals surface area (Å²) in [6.45, 7) is 6.27. The minimum atomic E-state index is 0.0717. The molecule has 1 rings (SSSR count). The Balaban J connectivity index is 2.92. The van der Waals surface area contributed by atoms with Crippen molar-refractivity contribution in [2.45, 2.75) is 39.8 Å². The van der Waals surface area contributed by atoms with Gasteiger partial charge in [0, 0.05) is 11.7 Å². The Morgan fingerprint density at radius 3 is 2.64 bits per heavy atom. The Hall–Kier alpha value is -1.09. The zero-order valence-electron chi connectivity index (χ0n) is 9.04. The maximum absolute atomic E-state index is 9.06. The smallest absolute Gasteiger partial charge is 0.126 e. The van der Waals surface area contributed by atoms with Gasteiger partial charge in [-0.25, -0.2) is 4.98 Å². The highest BCUT2D eigenvalue weighted by molar-refractivity contribution is 5.40. The molecule has 3 heteroatoms. The van der Waals surface area contributed by atoms with E-state index in [0.29, 0.717) is 6.04 Å². The Kier molecular flexibility index (Phi) is 3.89. The molecule has 1 heterocycles. The van der Waals surface area contributed by atoms with Crippen molar-refractivity contribution in [3.05, 3.63) is 23.4 Å². The molecule has 0 fully saturated rings. The van der Waals surface area contributed by atoms with Gasteiger partial charge in [0.05, 0.1) is 6.61 Å². The highest BCUT2D eigenvalue weighted by atomic mass is 16.3. The van der Waals surface area contributed by atoms with Crippen LogP contribution in [0.1, 0.15) is 32.0 Å². The molecule has 14 heavy (non-hydrogen) atoms. The fourth-order valence-corrected chi connectivity index (χ4v) is 1.29. The number of rotatable bonds is 4. The van der Waals surface area contributed by atoms with Crippen LogP contribution in [0.2, 0.25) is 0 Å². The largest absolute Gasteiger partial charge is 0.392 e. The molecule has 0 aliphatic carbocycles. The van der Waals surface area contributed by atoms with E-state index in [-0.39, 0.29) is 6.61 Å². The minimum Gasteiger partial charge on any atom is -0.392 e. The zero-order valence-corrected chi connectivity index (χ0v) is 9.04. The Morgan fingerprint density at radius 1 is 1.43 bits per heavy atom. The second-order valence-corrected chi connectivity index (χ2v) is 3.66. The zero-order chi connectivity index (χ0) is 10.6. The van der Waals surface area contributed by atoms with E-state index < -0.39 is 0 Å². The maximum atomic E-state index is 9.06. The van der Waals surface area contributed by atoms with Crippen LogP contribution in [0.25, 0.3) is 0 Å². The number of pyridine rings is 1. The first-order valence-corrected chi connectivity index (χ1v) is 5.03. The summed E-state index contributed by atoms with van der Waals surface area (Å²) in [4.78, 5) is 4.42. The predicted molar refractivity (Wildman–Crippen MR) is 58.3 cm³/mol. The van der Waals surface area contributed by atoms with Crippen molar-refractivity contribution >= 4 is 5.82 Å². The molecule has 0 unspecified atom stereocenters. The van der Waals surface area contributed by atoms with Gasteiger partial charge in [0.1, 0.15) is 5.82 Å². The van der Waals surface area contributed by atoms with Crippen LogP contribution in [0.5, 0.6) is 0 Å². The molecule has 0 aliphatic rings. The number of aromatic nitrogens is 1. The van der Waals surface area contributed by atoms with Gasteiger partial charge in [-0.3, -0.25) is 0 Å². The number of aliphatic hydroxyl groups is 1. The normalized spacial score (nSPS) is 10.6. The molecule has 2 N–H and O–H groups in total. The van der Waals surface area contributed by atoms with Crippen LogP contribution >= 0.6 is 0 Å². The minimum absolute atomic E-state index is 0.0717. The molecular weight excluding hydrogens is 176 g/mol. The van der Waals surface area contributed by atoms with Crippen LogP contribution in [0.4, 0.5) is 5.82 Å². The van der Waals surface area contributed by atoms with Crippen LogP contribution in [0, 0.1) is 0 Å². The second-order valence-electron chi connectivity index (χ2n) is 3.66. The van der Waals surface area contributed by atoms with Gasteiger partial charge in [0.15, 0.2) is 0 Å². The van der Waals surface area contributed by atoms with E-state index in [0.717, 1.165) is 23.5 Å². The molecular formula is C11H18N2O. The molecule has 0 amide bonds. The lowest BCUT2D eigenvalue weighted by molar-refractivity contribution is 0.281. The van der Waals surface area contributed by atoms with E-state index in [1.54, 1.807) is 0 Å². The van der Waals surface area contributed by atoms with Crippen molar-refractivity contribution in [2.75, 3.05) is 5.32 Å². The summed E-state index contributed by atoms with van der Waals surface area (Å²) in [6, 6.07) is 4.19. The second kappa shape index (κ2) is 4.96. The van der Waals surface area contributed by atoms with Gasteiger partial charge in [-0.1, -0.05) is 6.92 Å². The fraction of sp³-hybridized carbons (Fsp3) is 0.545. The molecule has 0 aliphatic heterocycles. The average molecular weight is 194 g/mol. The van der Waals surface area contributed by atoms with Crippen LogP contribution in [-0.4, -0.2) is 16.1 Å². The molecule has 0 bridgehead atoms. The molecule has 0 spiro atoms. The standard InChI is InChI=1S/C11H18N2O/c1-4-10-5-9(7-14)6-11(13-10)12-8(2)3/h5-6,8,14H,4,7H2,1-3H3,(H,12,13). The van der Waals surface area contributed by atoms with E-state index >= 15 is 0 Å². The van der Waals surface area contributed by atoms with Crippen LogP contribution in [0.15, 0.2) is 12.1 Å². The van der Waals surface area contributed by atoms with E-state index in [1.165, 1.54) is 0 Å². The highest BCUT2D eigenvalue weighted by Gasteiger charge is 2.02. The Morgan fingerprint density at radius 2 is 2.14 bits per heavy atom. The molecule has 0 saturated carbocycles. The third-order valence-electron chi connectivity index (χ3n) is 1.92. The first-order chi connectivity index (χ1) is 6.65.